The molecule has 146 valence electrons. The number of fused-ring (bicyclic) bond motifs is 1. The van der Waals surface area contributed by atoms with Crippen molar-refractivity contribution in [2.45, 2.75) is 46.1 Å². The zero-order chi connectivity index (χ0) is 19.6. The van der Waals surface area contributed by atoms with E-state index in [4.69, 9.17) is 4.98 Å². The summed E-state index contributed by atoms with van der Waals surface area (Å²) in [6.07, 6.45) is 4.62. The van der Waals surface area contributed by atoms with Gasteiger partial charge in [-0.25, -0.2) is 4.98 Å². The van der Waals surface area contributed by atoms with Crippen molar-refractivity contribution in [1.29, 1.82) is 0 Å². The second kappa shape index (κ2) is 10.5. The lowest BCUT2D eigenvalue weighted by Gasteiger charge is -2.22. The highest BCUT2D eigenvalue weighted by Gasteiger charge is 2.17. The SMILES string of the molecule is C=CC(=O)NCCCc1nc2ccccc2n1CC(=O)N(CCC)CCC. The van der Waals surface area contributed by atoms with E-state index in [0.29, 0.717) is 19.5 Å². The van der Waals surface area contributed by atoms with E-state index in [1.807, 2.05) is 33.7 Å². The molecule has 1 heterocycles. The van der Waals surface area contributed by atoms with Gasteiger partial charge in [-0.3, -0.25) is 9.59 Å². The van der Waals surface area contributed by atoms with Gasteiger partial charge in [-0.15, -0.1) is 0 Å². The van der Waals surface area contributed by atoms with E-state index in [0.717, 1.165) is 49.2 Å². The number of rotatable bonds is 11. The second-order valence-corrected chi connectivity index (χ2v) is 6.58. The summed E-state index contributed by atoms with van der Waals surface area (Å²) in [6.45, 7) is 10.0. The number of aromatic nitrogens is 2. The highest BCUT2D eigenvalue weighted by Crippen LogP contribution is 2.17. The van der Waals surface area contributed by atoms with Gasteiger partial charge in [0.1, 0.15) is 12.4 Å². The Labute approximate surface area is 161 Å². The number of imidazole rings is 1. The first kappa shape index (κ1) is 20.7. The minimum absolute atomic E-state index is 0.128. The molecule has 0 bridgehead atoms. The van der Waals surface area contributed by atoms with E-state index in [1.165, 1.54) is 6.08 Å². The van der Waals surface area contributed by atoms with Crippen LogP contribution < -0.4 is 5.32 Å². The number of amides is 2. The van der Waals surface area contributed by atoms with Crippen molar-refractivity contribution >= 4 is 22.8 Å². The van der Waals surface area contributed by atoms with E-state index in [9.17, 15) is 9.59 Å². The number of carbonyl (C=O) groups is 2. The maximum atomic E-state index is 12.9. The minimum atomic E-state index is -0.173. The molecule has 0 aliphatic heterocycles. The molecule has 6 heteroatoms. The Morgan fingerprint density at radius 3 is 2.59 bits per heavy atom. The Morgan fingerprint density at radius 1 is 1.22 bits per heavy atom. The van der Waals surface area contributed by atoms with Crippen LogP contribution in [0.25, 0.3) is 11.0 Å². The van der Waals surface area contributed by atoms with Gasteiger partial charge in [0.15, 0.2) is 0 Å². The molecule has 0 spiro atoms. The predicted octanol–water partition coefficient (Wildman–Crippen LogP) is 2.92. The van der Waals surface area contributed by atoms with Crippen molar-refractivity contribution in [3.05, 3.63) is 42.7 Å². The van der Waals surface area contributed by atoms with Crippen LogP contribution in [0.15, 0.2) is 36.9 Å². The summed E-state index contributed by atoms with van der Waals surface area (Å²) in [5, 5.41) is 2.78. The number of nitrogens with zero attached hydrogens (tertiary/aromatic N) is 3. The molecule has 0 aliphatic carbocycles. The average molecular weight is 370 g/mol. The maximum absolute atomic E-state index is 12.9. The minimum Gasteiger partial charge on any atom is -0.353 e. The van der Waals surface area contributed by atoms with Crippen LogP contribution in [0.4, 0.5) is 0 Å². The molecule has 1 aromatic heterocycles. The van der Waals surface area contributed by atoms with Crippen molar-refractivity contribution < 1.29 is 9.59 Å². The number of carbonyl (C=O) groups excluding carboxylic acids is 2. The Balaban J connectivity index is 2.16. The van der Waals surface area contributed by atoms with E-state index in [1.54, 1.807) is 0 Å². The molecule has 2 aromatic rings. The topological polar surface area (TPSA) is 67.2 Å². The van der Waals surface area contributed by atoms with Crippen LogP contribution >= 0.6 is 0 Å². The van der Waals surface area contributed by atoms with Gasteiger partial charge in [-0.05, 0) is 37.5 Å². The smallest absolute Gasteiger partial charge is 0.243 e. The van der Waals surface area contributed by atoms with Crippen molar-refractivity contribution in [3.63, 3.8) is 0 Å². The number of para-hydroxylation sites is 2. The van der Waals surface area contributed by atoms with Gasteiger partial charge in [0.05, 0.1) is 11.0 Å². The predicted molar refractivity (Wildman–Crippen MR) is 108 cm³/mol. The fourth-order valence-electron chi connectivity index (χ4n) is 3.16. The molecule has 0 fully saturated rings. The summed E-state index contributed by atoms with van der Waals surface area (Å²) in [5.41, 5.74) is 1.87. The standard InChI is InChI=1S/C21H30N4O2/c1-4-14-24(15-5-2)21(27)16-25-18-11-8-7-10-17(18)23-19(25)12-9-13-22-20(26)6-3/h6-8,10-11H,3-5,9,12-16H2,1-2H3,(H,22,26). The first-order valence-corrected chi connectivity index (χ1v) is 9.72. The summed E-state index contributed by atoms with van der Waals surface area (Å²) >= 11 is 0. The molecule has 27 heavy (non-hydrogen) atoms. The van der Waals surface area contributed by atoms with Gasteiger partial charge in [0.2, 0.25) is 11.8 Å². The quantitative estimate of drug-likeness (QED) is 0.488. The van der Waals surface area contributed by atoms with Gasteiger partial charge < -0.3 is 14.8 Å². The lowest BCUT2D eigenvalue weighted by atomic mass is 10.2. The third-order valence-corrected chi connectivity index (χ3v) is 4.43. The van der Waals surface area contributed by atoms with E-state index >= 15 is 0 Å². The summed E-state index contributed by atoms with van der Waals surface area (Å²) in [4.78, 5) is 30.8. The largest absolute Gasteiger partial charge is 0.353 e. The molecule has 6 nitrogen and oxygen atoms in total. The van der Waals surface area contributed by atoms with Crippen LogP contribution in [-0.4, -0.2) is 45.9 Å². The number of benzene rings is 1. The maximum Gasteiger partial charge on any atom is 0.243 e. The van der Waals surface area contributed by atoms with Gasteiger partial charge in [-0.2, -0.15) is 0 Å². The fourth-order valence-corrected chi connectivity index (χ4v) is 3.16. The third-order valence-electron chi connectivity index (χ3n) is 4.43. The summed E-state index contributed by atoms with van der Waals surface area (Å²) in [6, 6.07) is 7.89. The average Bonchev–Trinajstić information content (AvgIpc) is 3.02. The Morgan fingerprint density at radius 2 is 1.93 bits per heavy atom. The van der Waals surface area contributed by atoms with Crippen LogP contribution in [0, 0.1) is 0 Å². The van der Waals surface area contributed by atoms with Gasteiger partial charge >= 0.3 is 0 Å². The summed E-state index contributed by atoms with van der Waals surface area (Å²) < 4.78 is 2.02. The lowest BCUT2D eigenvalue weighted by Crippen LogP contribution is -2.35. The molecule has 2 rings (SSSR count). The van der Waals surface area contributed by atoms with Crippen LogP contribution in [0.5, 0.6) is 0 Å². The van der Waals surface area contributed by atoms with Crippen LogP contribution in [0.3, 0.4) is 0 Å². The summed E-state index contributed by atoms with van der Waals surface area (Å²) in [7, 11) is 0. The van der Waals surface area contributed by atoms with Gasteiger partial charge in [0.25, 0.3) is 0 Å². The molecule has 1 N–H and O–H groups in total. The van der Waals surface area contributed by atoms with Crippen molar-refractivity contribution in [1.82, 2.24) is 19.8 Å². The van der Waals surface area contributed by atoms with Crippen LogP contribution in [-0.2, 0) is 22.6 Å². The zero-order valence-corrected chi connectivity index (χ0v) is 16.4. The Kier molecular flexibility index (Phi) is 8.04. The monoisotopic (exact) mass is 370 g/mol. The number of nitrogens with one attached hydrogen (secondary N) is 1. The normalized spacial score (nSPS) is 10.7. The highest BCUT2D eigenvalue weighted by atomic mass is 16.2. The van der Waals surface area contributed by atoms with E-state index < -0.39 is 0 Å². The number of hydrogen-bond acceptors (Lipinski definition) is 3. The molecule has 0 atom stereocenters. The molecular formula is C21H30N4O2. The first-order chi connectivity index (χ1) is 13.1. The molecule has 1 aromatic carbocycles. The molecule has 0 saturated carbocycles. The Bertz CT molecular complexity index is 776. The van der Waals surface area contributed by atoms with Crippen molar-refractivity contribution in [3.8, 4) is 0 Å². The lowest BCUT2D eigenvalue weighted by molar-refractivity contribution is -0.131. The molecule has 0 saturated heterocycles. The molecule has 0 unspecified atom stereocenters. The second-order valence-electron chi connectivity index (χ2n) is 6.58. The number of aryl methyl sites for hydroxylation is 1. The van der Waals surface area contributed by atoms with Gasteiger partial charge in [-0.1, -0.05) is 32.6 Å². The molecule has 2 amide bonds. The molecular weight excluding hydrogens is 340 g/mol. The van der Waals surface area contributed by atoms with Gasteiger partial charge in [0, 0.05) is 26.1 Å². The van der Waals surface area contributed by atoms with Crippen molar-refractivity contribution in [2.24, 2.45) is 0 Å². The van der Waals surface area contributed by atoms with Crippen LogP contribution in [0.1, 0.15) is 38.9 Å². The van der Waals surface area contributed by atoms with E-state index in [2.05, 4.69) is 25.7 Å². The third kappa shape index (κ3) is 5.67. The van der Waals surface area contributed by atoms with E-state index in [-0.39, 0.29) is 11.8 Å². The summed E-state index contributed by atoms with van der Waals surface area (Å²) in [5.74, 6) is 0.835. The van der Waals surface area contributed by atoms with Crippen LogP contribution in [0.2, 0.25) is 0 Å². The van der Waals surface area contributed by atoms with Crippen molar-refractivity contribution in [2.75, 3.05) is 19.6 Å². The fraction of sp³-hybridized carbons (Fsp3) is 0.476. The molecule has 0 radical (unpaired) electrons. The molecule has 0 aliphatic rings. The zero-order valence-electron chi connectivity index (χ0n) is 16.4. The highest BCUT2D eigenvalue weighted by molar-refractivity contribution is 5.86. The Hall–Kier alpha value is -2.63. The first-order valence-electron chi connectivity index (χ1n) is 9.72. The number of hydrogen-bond donors (Lipinski definition) is 1.